The number of piperidine rings is 1. The molecule has 2 heterocycles. The molecular weight excluding hydrogens is 282 g/mol. The smallest absolute Gasteiger partial charge is 0.264 e. The zero-order valence-corrected chi connectivity index (χ0v) is 13.0. The lowest BCUT2D eigenvalue weighted by Crippen LogP contribution is -2.49. The Bertz CT molecular complexity index is 567. The third-order valence-corrected chi connectivity index (χ3v) is 5.60. The summed E-state index contributed by atoms with van der Waals surface area (Å²) in [6.45, 7) is 0.757. The van der Waals surface area contributed by atoms with E-state index in [0.29, 0.717) is 12.0 Å². The highest BCUT2D eigenvalue weighted by Crippen LogP contribution is 2.36. The Balaban J connectivity index is 1.75. The van der Waals surface area contributed by atoms with Gasteiger partial charge in [-0.15, -0.1) is 11.3 Å². The first-order valence-corrected chi connectivity index (χ1v) is 8.62. The molecule has 1 aliphatic carbocycles. The Hall–Kier alpha value is -1.31. The molecule has 112 valence electrons. The van der Waals surface area contributed by atoms with Crippen LogP contribution >= 0.6 is 11.3 Å². The van der Waals surface area contributed by atoms with E-state index in [4.69, 9.17) is 5.11 Å². The lowest BCUT2D eigenvalue weighted by molar-refractivity contribution is 0.0395. The van der Waals surface area contributed by atoms with Gasteiger partial charge in [-0.05, 0) is 43.7 Å². The molecular formula is C17H21NO2S. The predicted octanol–water partition coefficient (Wildman–Crippen LogP) is 2.89. The summed E-state index contributed by atoms with van der Waals surface area (Å²) in [5.74, 6) is 6.40. The molecule has 21 heavy (non-hydrogen) atoms. The van der Waals surface area contributed by atoms with Crippen LogP contribution in [0.4, 0.5) is 0 Å². The maximum atomic E-state index is 12.8. The molecule has 0 radical (unpaired) electrons. The number of carbonyl (C=O) groups is 1. The lowest BCUT2D eigenvalue weighted by Gasteiger charge is -2.44. The molecule has 4 heteroatoms. The largest absolute Gasteiger partial charge is 0.384 e. The number of hydrogen-bond donors (Lipinski definition) is 1. The predicted molar refractivity (Wildman–Crippen MR) is 84.3 cm³/mol. The van der Waals surface area contributed by atoms with Crippen molar-refractivity contribution in [2.24, 2.45) is 5.92 Å². The van der Waals surface area contributed by atoms with E-state index >= 15 is 0 Å². The van der Waals surface area contributed by atoms with Gasteiger partial charge in [0.25, 0.3) is 5.91 Å². The van der Waals surface area contributed by atoms with Crippen LogP contribution in [0, 0.1) is 17.8 Å². The Kier molecular flexibility index (Phi) is 4.62. The molecule has 2 fully saturated rings. The molecule has 3 nitrogen and oxygen atoms in total. The van der Waals surface area contributed by atoms with E-state index in [0.717, 1.165) is 22.7 Å². The minimum absolute atomic E-state index is 0.142. The van der Waals surface area contributed by atoms with Crippen LogP contribution in [-0.2, 0) is 0 Å². The maximum absolute atomic E-state index is 12.8. The van der Waals surface area contributed by atoms with Gasteiger partial charge in [0.1, 0.15) is 6.61 Å². The Labute approximate surface area is 130 Å². The van der Waals surface area contributed by atoms with Gasteiger partial charge >= 0.3 is 0 Å². The molecule has 1 saturated carbocycles. The summed E-state index contributed by atoms with van der Waals surface area (Å²) in [5, 5.41) is 8.73. The fraction of sp³-hybridized carbons (Fsp3) is 0.588. The third-order valence-electron chi connectivity index (χ3n) is 4.61. The topological polar surface area (TPSA) is 40.5 Å². The summed E-state index contributed by atoms with van der Waals surface area (Å²) < 4.78 is 0. The first-order chi connectivity index (χ1) is 10.3. The van der Waals surface area contributed by atoms with Crippen LogP contribution in [0.25, 0.3) is 0 Å². The molecule has 1 aromatic rings. The molecule has 1 N–H and O–H groups in total. The number of carbonyl (C=O) groups excluding carboxylic acids is 1. The van der Waals surface area contributed by atoms with Gasteiger partial charge < -0.3 is 10.0 Å². The highest BCUT2D eigenvalue weighted by molar-refractivity contribution is 7.14. The molecule has 2 atom stereocenters. The van der Waals surface area contributed by atoms with Gasteiger partial charge in [0.15, 0.2) is 0 Å². The van der Waals surface area contributed by atoms with Crippen molar-refractivity contribution in [2.45, 2.75) is 44.6 Å². The molecule has 0 spiro atoms. The fourth-order valence-electron chi connectivity index (χ4n) is 3.67. The fourth-order valence-corrected chi connectivity index (χ4v) is 4.50. The van der Waals surface area contributed by atoms with Crippen LogP contribution in [0.5, 0.6) is 0 Å². The van der Waals surface area contributed by atoms with Crippen LogP contribution in [0.15, 0.2) is 12.1 Å². The molecule has 3 rings (SSSR count). The van der Waals surface area contributed by atoms with Crippen molar-refractivity contribution in [1.82, 2.24) is 4.90 Å². The van der Waals surface area contributed by atoms with Gasteiger partial charge in [-0.2, -0.15) is 0 Å². The molecule has 2 aliphatic rings. The highest BCUT2D eigenvalue weighted by atomic mass is 32.1. The van der Waals surface area contributed by atoms with E-state index in [1.807, 2.05) is 12.1 Å². The van der Waals surface area contributed by atoms with Crippen LogP contribution in [0.2, 0.25) is 0 Å². The average molecular weight is 303 g/mol. The average Bonchev–Trinajstić information content (AvgIpc) is 3.00. The van der Waals surface area contributed by atoms with Crippen molar-refractivity contribution >= 4 is 17.2 Å². The van der Waals surface area contributed by atoms with E-state index in [-0.39, 0.29) is 12.5 Å². The van der Waals surface area contributed by atoms with Crippen molar-refractivity contribution in [3.8, 4) is 11.8 Å². The van der Waals surface area contributed by atoms with E-state index in [9.17, 15) is 4.79 Å². The Morgan fingerprint density at radius 3 is 2.95 bits per heavy atom. The second-order valence-corrected chi connectivity index (χ2v) is 6.96. The first kappa shape index (κ1) is 14.6. The van der Waals surface area contributed by atoms with Gasteiger partial charge in [0.2, 0.25) is 0 Å². The standard InChI is InChI=1S/C17H21NO2S/c19-12-4-7-14-9-10-16(21-14)17(20)18-11-3-6-13-5-1-2-8-15(13)18/h9-10,13,15,19H,1-3,5-6,8,11-12H2/t13-,15-/m1/s1. The molecule has 1 saturated heterocycles. The van der Waals surface area contributed by atoms with Crippen molar-refractivity contribution in [3.63, 3.8) is 0 Å². The minimum Gasteiger partial charge on any atom is -0.384 e. The highest BCUT2D eigenvalue weighted by Gasteiger charge is 2.36. The number of hydrogen-bond acceptors (Lipinski definition) is 3. The summed E-state index contributed by atoms with van der Waals surface area (Å²) in [5.41, 5.74) is 0. The van der Waals surface area contributed by atoms with E-state index in [1.54, 1.807) is 0 Å². The van der Waals surface area contributed by atoms with E-state index in [2.05, 4.69) is 16.7 Å². The molecule has 1 amide bonds. The molecule has 1 aromatic heterocycles. The second kappa shape index (κ2) is 6.64. The van der Waals surface area contributed by atoms with Crippen molar-refractivity contribution in [3.05, 3.63) is 21.9 Å². The summed E-state index contributed by atoms with van der Waals surface area (Å²) in [6, 6.07) is 4.21. The number of aliphatic hydroxyl groups is 1. The summed E-state index contributed by atoms with van der Waals surface area (Å²) in [7, 11) is 0. The van der Waals surface area contributed by atoms with Gasteiger partial charge in [-0.3, -0.25) is 4.79 Å². The number of likely N-dealkylation sites (tertiary alicyclic amines) is 1. The van der Waals surface area contributed by atoms with Crippen LogP contribution < -0.4 is 0 Å². The summed E-state index contributed by atoms with van der Waals surface area (Å²) in [6.07, 6.45) is 7.44. The zero-order valence-electron chi connectivity index (χ0n) is 12.2. The van der Waals surface area contributed by atoms with Crippen LogP contribution in [0.3, 0.4) is 0 Å². The zero-order chi connectivity index (χ0) is 14.7. The van der Waals surface area contributed by atoms with Crippen LogP contribution in [-0.4, -0.2) is 35.1 Å². The van der Waals surface area contributed by atoms with Gasteiger partial charge in [0, 0.05) is 12.6 Å². The second-order valence-electron chi connectivity index (χ2n) is 5.88. The SMILES string of the molecule is O=C(c1ccc(C#CCO)s1)N1CCC[C@H]2CCCC[C@H]21. The van der Waals surface area contributed by atoms with E-state index < -0.39 is 0 Å². The number of fused-ring (bicyclic) bond motifs is 1. The lowest BCUT2D eigenvalue weighted by atomic mass is 9.78. The monoisotopic (exact) mass is 303 g/mol. The maximum Gasteiger partial charge on any atom is 0.264 e. The number of thiophene rings is 1. The number of amides is 1. The normalized spacial score (nSPS) is 24.9. The Morgan fingerprint density at radius 1 is 1.29 bits per heavy atom. The van der Waals surface area contributed by atoms with Gasteiger partial charge in [0.05, 0.1) is 9.75 Å². The first-order valence-electron chi connectivity index (χ1n) is 7.80. The van der Waals surface area contributed by atoms with Crippen molar-refractivity contribution in [2.75, 3.05) is 13.2 Å². The number of rotatable bonds is 1. The van der Waals surface area contributed by atoms with Gasteiger partial charge in [-0.25, -0.2) is 0 Å². The quantitative estimate of drug-likeness (QED) is 0.810. The molecule has 0 bridgehead atoms. The summed E-state index contributed by atoms with van der Waals surface area (Å²) >= 11 is 1.44. The third kappa shape index (κ3) is 3.14. The minimum atomic E-state index is -0.142. The Morgan fingerprint density at radius 2 is 2.10 bits per heavy atom. The van der Waals surface area contributed by atoms with Crippen molar-refractivity contribution in [1.29, 1.82) is 0 Å². The summed E-state index contributed by atoms with van der Waals surface area (Å²) in [4.78, 5) is 16.5. The molecule has 0 unspecified atom stereocenters. The molecule has 1 aliphatic heterocycles. The number of aliphatic hydroxyl groups excluding tert-OH is 1. The van der Waals surface area contributed by atoms with Crippen LogP contribution in [0.1, 0.15) is 53.1 Å². The molecule has 0 aromatic carbocycles. The van der Waals surface area contributed by atoms with E-state index in [1.165, 1.54) is 43.4 Å². The van der Waals surface area contributed by atoms with Gasteiger partial charge in [-0.1, -0.05) is 24.7 Å². The van der Waals surface area contributed by atoms with Crippen molar-refractivity contribution < 1.29 is 9.90 Å². The number of nitrogens with zero attached hydrogens (tertiary/aromatic N) is 1.